The number of Topliss-reactive ketones (excluding diaryl/α,β-unsaturated/α-hetero) is 1. The summed E-state index contributed by atoms with van der Waals surface area (Å²) in [5.74, 6) is -1.76. The molecule has 4 nitrogen and oxygen atoms in total. The fraction of sp³-hybridized carbons (Fsp3) is 0.231. The Labute approximate surface area is 229 Å². The zero-order valence-corrected chi connectivity index (χ0v) is 22.6. The van der Waals surface area contributed by atoms with Gasteiger partial charge in [0.2, 0.25) is 5.91 Å². The molecule has 0 aliphatic heterocycles. The number of ketones is 1. The average Bonchev–Trinajstić information content (AvgIpc) is 3.36. The predicted octanol–water partition coefficient (Wildman–Crippen LogP) is 7.80. The summed E-state index contributed by atoms with van der Waals surface area (Å²) in [5, 5.41) is 3.96. The molecule has 1 N–H and O–H groups in total. The van der Waals surface area contributed by atoms with Crippen molar-refractivity contribution >= 4 is 81.1 Å². The van der Waals surface area contributed by atoms with E-state index in [-0.39, 0.29) is 18.2 Å². The van der Waals surface area contributed by atoms with Crippen molar-refractivity contribution in [2.24, 2.45) is 5.92 Å². The smallest absolute Gasteiger partial charge is 0.231 e. The Morgan fingerprint density at radius 3 is 2.31 bits per heavy atom. The molecule has 0 saturated heterocycles. The van der Waals surface area contributed by atoms with E-state index in [0.717, 1.165) is 11.3 Å². The molecule has 182 valence electrons. The highest BCUT2D eigenvalue weighted by atomic mass is 35.5. The molecule has 1 amide bonds. The molecular weight excluding hydrogens is 550 g/mol. The van der Waals surface area contributed by atoms with Gasteiger partial charge in [-0.05, 0) is 66.6 Å². The van der Waals surface area contributed by atoms with Crippen molar-refractivity contribution in [3.8, 4) is 0 Å². The first-order valence-electron chi connectivity index (χ1n) is 10.7. The van der Waals surface area contributed by atoms with Crippen LogP contribution in [0.1, 0.15) is 27.4 Å². The fourth-order valence-corrected chi connectivity index (χ4v) is 5.71. The van der Waals surface area contributed by atoms with Gasteiger partial charge in [0, 0.05) is 39.9 Å². The minimum absolute atomic E-state index is 0.118. The molecule has 4 rings (SSSR count). The van der Waals surface area contributed by atoms with E-state index in [1.165, 1.54) is 0 Å². The summed E-state index contributed by atoms with van der Waals surface area (Å²) in [7, 11) is 1.84. The largest absolute Gasteiger partial charge is 0.367 e. The molecule has 1 aliphatic carbocycles. The summed E-state index contributed by atoms with van der Waals surface area (Å²) in [4.78, 5) is 27.9. The third kappa shape index (κ3) is 5.73. The van der Waals surface area contributed by atoms with Gasteiger partial charge in [-0.15, -0.1) is 23.2 Å². The van der Waals surface area contributed by atoms with Gasteiger partial charge in [0.05, 0.1) is 17.5 Å². The molecular formula is C26H21Cl5N2O2. The van der Waals surface area contributed by atoms with Gasteiger partial charge in [-0.1, -0.05) is 46.9 Å². The van der Waals surface area contributed by atoms with Gasteiger partial charge in [0.25, 0.3) is 0 Å². The molecule has 35 heavy (non-hydrogen) atoms. The number of hydrogen-bond acceptors (Lipinski definition) is 3. The van der Waals surface area contributed by atoms with Crippen LogP contribution in [0.25, 0.3) is 0 Å². The number of aryl methyl sites for hydroxylation is 1. The lowest BCUT2D eigenvalue weighted by molar-refractivity contribution is -0.117. The lowest BCUT2D eigenvalue weighted by Gasteiger charge is -2.19. The highest BCUT2D eigenvalue weighted by molar-refractivity contribution is 6.53. The van der Waals surface area contributed by atoms with Crippen LogP contribution in [0.2, 0.25) is 15.1 Å². The van der Waals surface area contributed by atoms with Crippen LogP contribution < -0.4 is 10.2 Å². The second kappa shape index (κ2) is 10.2. The first kappa shape index (κ1) is 26.1. The Hall–Kier alpha value is -1.95. The topological polar surface area (TPSA) is 49.4 Å². The number of carbonyl (C=O) groups is 2. The summed E-state index contributed by atoms with van der Waals surface area (Å²) in [5.41, 5.74) is 3.41. The van der Waals surface area contributed by atoms with E-state index in [1.807, 2.05) is 43.1 Å². The van der Waals surface area contributed by atoms with Crippen molar-refractivity contribution in [1.82, 2.24) is 0 Å². The van der Waals surface area contributed by atoms with Gasteiger partial charge in [-0.25, -0.2) is 0 Å². The van der Waals surface area contributed by atoms with Crippen LogP contribution >= 0.6 is 58.0 Å². The standard InChI is InChI=1S/C26H21Cl5N2O2/c1-14-4-3-5-19(8-14)33(2)13-22(34)20-12-18(6-7-21(20)29)32-25(35)24-23(26(24,30)31)15-9-16(27)11-17(28)10-15/h3-12,23-24H,13H2,1-2H3,(H,32,35). The number of hydrogen-bond donors (Lipinski definition) is 1. The normalized spacial score (nSPS) is 18.1. The minimum Gasteiger partial charge on any atom is -0.367 e. The maximum atomic E-state index is 13.0. The lowest BCUT2D eigenvalue weighted by Crippen LogP contribution is -2.26. The molecule has 0 radical (unpaired) electrons. The van der Waals surface area contributed by atoms with E-state index in [2.05, 4.69) is 5.32 Å². The summed E-state index contributed by atoms with van der Waals surface area (Å²) in [6, 6.07) is 17.6. The van der Waals surface area contributed by atoms with Gasteiger partial charge in [-0.3, -0.25) is 9.59 Å². The minimum atomic E-state index is -1.31. The molecule has 3 aromatic carbocycles. The Kier molecular flexibility index (Phi) is 7.61. The molecule has 1 fully saturated rings. The van der Waals surface area contributed by atoms with Crippen molar-refractivity contribution in [2.45, 2.75) is 17.2 Å². The number of amides is 1. The number of halogens is 5. The highest BCUT2D eigenvalue weighted by Gasteiger charge is 2.67. The van der Waals surface area contributed by atoms with E-state index in [9.17, 15) is 9.59 Å². The number of rotatable bonds is 7. The number of alkyl halides is 2. The summed E-state index contributed by atoms with van der Waals surface area (Å²) < 4.78 is -1.31. The Bertz CT molecular complexity index is 1290. The third-order valence-electron chi connectivity index (χ3n) is 5.94. The Morgan fingerprint density at radius 2 is 1.66 bits per heavy atom. The SMILES string of the molecule is Cc1cccc(N(C)CC(=O)c2cc(NC(=O)C3C(c4cc(Cl)cc(Cl)c4)C3(Cl)Cl)ccc2Cl)c1. The summed E-state index contributed by atoms with van der Waals surface area (Å²) in [6.45, 7) is 2.11. The van der Waals surface area contributed by atoms with E-state index in [0.29, 0.717) is 31.9 Å². The van der Waals surface area contributed by atoms with Gasteiger partial charge in [-0.2, -0.15) is 0 Å². The van der Waals surface area contributed by atoms with Crippen LogP contribution in [0.4, 0.5) is 11.4 Å². The molecule has 9 heteroatoms. The highest BCUT2D eigenvalue weighted by Crippen LogP contribution is 2.65. The lowest BCUT2D eigenvalue weighted by atomic mass is 10.1. The Morgan fingerprint density at radius 1 is 0.971 bits per heavy atom. The molecule has 0 bridgehead atoms. The monoisotopic (exact) mass is 568 g/mol. The number of carbonyl (C=O) groups excluding carboxylic acids is 2. The first-order chi connectivity index (χ1) is 16.5. The zero-order valence-electron chi connectivity index (χ0n) is 18.8. The van der Waals surface area contributed by atoms with Crippen LogP contribution in [0, 0.1) is 12.8 Å². The van der Waals surface area contributed by atoms with Gasteiger partial charge in [0.15, 0.2) is 5.78 Å². The fourth-order valence-electron chi connectivity index (χ4n) is 4.12. The van der Waals surface area contributed by atoms with Crippen LogP contribution in [0.15, 0.2) is 60.7 Å². The third-order valence-corrected chi connectivity index (χ3v) is 7.64. The van der Waals surface area contributed by atoms with Crippen molar-refractivity contribution in [1.29, 1.82) is 0 Å². The summed E-state index contributed by atoms with van der Waals surface area (Å²) >= 11 is 31.4. The van der Waals surface area contributed by atoms with Gasteiger partial charge >= 0.3 is 0 Å². The van der Waals surface area contributed by atoms with Crippen molar-refractivity contribution in [3.63, 3.8) is 0 Å². The molecule has 0 spiro atoms. The van der Waals surface area contributed by atoms with Gasteiger partial charge in [0.1, 0.15) is 4.33 Å². The van der Waals surface area contributed by atoms with Crippen molar-refractivity contribution in [3.05, 3.63) is 92.4 Å². The predicted molar refractivity (Wildman–Crippen MR) is 146 cm³/mol. The summed E-state index contributed by atoms with van der Waals surface area (Å²) in [6.07, 6.45) is 0. The number of anilines is 2. The first-order valence-corrected chi connectivity index (χ1v) is 12.6. The van der Waals surface area contributed by atoms with Crippen LogP contribution in [-0.4, -0.2) is 29.6 Å². The molecule has 1 saturated carbocycles. The van der Waals surface area contributed by atoms with Crippen LogP contribution in [0.5, 0.6) is 0 Å². The molecule has 0 aromatic heterocycles. The van der Waals surface area contributed by atoms with Crippen molar-refractivity contribution in [2.75, 3.05) is 23.8 Å². The zero-order chi connectivity index (χ0) is 25.5. The van der Waals surface area contributed by atoms with E-state index >= 15 is 0 Å². The maximum Gasteiger partial charge on any atom is 0.231 e. The quantitative estimate of drug-likeness (QED) is 0.233. The molecule has 0 heterocycles. The van der Waals surface area contributed by atoms with E-state index in [1.54, 1.807) is 36.4 Å². The average molecular weight is 571 g/mol. The maximum absolute atomic E-state index is 13.0. The van der Waals surface area contributed by atoms with Crippen LogP contribution in [0.3, 0.4) is 0 Å². The van der Waals surface area contributed by atoms with E-state index < -0.39 is 16.2 Å². The molecule has 1 aliphatic rings. The Balaban J connectivity index is 1.49. The van der Waals surface area contributed by atoms with Crippen molar-refractivity contribution < 1.29 is 9.59 Å². The number of nitrogens with one attached hydrogen (secondary N) is 1. The van der Waals surface area contributed by atoms with Gasteiger partial charge < -0.3 is 10.2 Å². The second-order valence-electron chi connectivity index (χ2n) is 8.63. The molecule has 2 atom stereocenters. The van der Waals surface area contributed by atoms with Crippen LogP contribution in [-0.2, 0) is 4.79 Å². The molecule has 2 unspecified atom stereocenters. The number of benzene rings is 3. The molecule has 3 aromatic rings. The van der Waals surface area contributed by atoms with E-state index in [4.69, 9.17) is 58.0 Å². The second-order valence-corrected chi connectivity index (χ2v) is 11.4. The number of nitrogens with zero attached hydrogens (tertiary/aromatic N) is 1. The number of likely N-dealkylation sites (N-methyl/N-ethyl adjacent to an activating group) is 1.